The van der Waals surface area contributed by atoms with E-state index in [-0.39, 0.29) is 23.6 Å². The third-order valence-corrected chi connectivity index (χ3v) is 8.48. The number of fused-ring (bicyclic) bond motifs is 2. The van der Waals surface area contributed by atoms with Gasteiger partial charge in [0.15, 0.2) is 0 Å². The Morgan fingerprint density at radius 1 is 0.750 bits per heavy atom. The number of carboxylic acid groups (broad SMARTS) is 1. The Hall–Kier alpha value is -1.91. The molecule has 6 rings (SSSR count). The van der Waals surface area contributed by atoms with E-state index < -0.39 is 12.1 Å². The number of nitrogens with two attached hydrogens (primary N) is 2. The van der Waals surface area contributed by atoms with E-state index in [1.807, 2.05) is 24.3 Å². The molecule has 4 N–H and O–H groups in total. The van der Waals surface area contributed by atoms with Crippen LogP contribution in [0.2, 0.25) is 10.0 Å². The molecule has 40 heavy (non-hydrogen) atoms. The van der Waals surface area contributed by atoms with Gasteiger partial charge in [-0.2, -0.15) is 13.2 Å². The Morgan fingerprint density at radius 3 is 1.43 bits per heavy atom. The largest absolute Gasteiger partial charge is 1.00 e. The van der Waals surface area contributed by atoms with E-state index in [1.165, 1.54) is 37.3 Å². The molecule has 6 nitrogen and oxygen atoms in total. The molecule has 0 unspecified atom stereocenters. The number of hydrogen-bond donors (Lipinski definition) is 2. The van der Waals surface area contributed by atoms with Crippen LogP contribution in [-0.2, 0) is 17.6 Å². The van der Waals surface area contributed by atoms with Crippen LogP contribution >= 0.6 is 23.2 Å². The van der Waals surface area contributed by atoms with Crippen LogP contribution in [0.4, 0.5) is 13.2 Å². The lowest BCUT2D eigenvalue weighted by Crippen LogP contribution is -3.00. The lowest BCUT2D eigenvalue weighted by Gasteiger charge is -2.40. The second-order valence-corrected chi connectivity index (χ2v) is 11.4. The molecule has 0 saturated carbocycles. The van der Waals surface area contributed by atoms with Crippen molar-refractivity contribution in [2.45, 2.75) is 68.7 Å². The molecule has 2 aromatic rings. The zero-order chi connectivity index (χ0) is 28.1. The van der Waals surface area contributed by atoms with Gasteiger partial charge in [-0.25, -0.2) is 0 Å². The van der Waals surface area contributed by atoms with Crippen LogP contribution in [0.25, 0.3) is 0 Å². The summed E-state index contributed by atoms with van der Waals surface area (Å²) in [4.78, 5) is 8.78. The number of quaternary nitrogens is 2. The van der Waals surface area contributed by atoms with Gasteiger partial charge < -0.3 is 42.4 Å². The Morgan fingerprint density at radius 2 is 1.10 bits per heavy atom. The van der Waals surface area contributed by atoms with Gasteiger partial charge in [0.25, 0.3) is 0 Å². The zero-order valence-electron chi connectivity index (χ0n) is 22.0. The number of para-hydroxylation sites is 2. The van der Waals surface area contributed by atoms with Gasteiger partial charge in [0.2, 0.25) is 0 Å². The lowest BCUT2D eigenvalue weighted by atomic mass is 9.84. The number of ether oxygens (including phenoxy) is 2. The number of carboxylic acids is 1. The molecule has 4 aliphatic rings. The fourth-order valence-corrected chi connectivity index (χ4v) is 6.16. The number of piperidine rings is 2. The Bertz CT molecular complexity index is 1080. The normalized spacial score (nSPS) is 20.0. The third-order valence-electron chi connectivity index (χ3n) is 7.88. The molecule has 0 aliphatic carbocycles. The molecule has 2 spiro atoms. The molecule has 222 valence electrons. The van der Waals surface area contributed by atoms with Crippen LogP contribution in [0.3, 0.4) is 0 Å². The van der Waals surface area contributed by atoms with Gasteiger partial charge in [-0.05, 0) is 48.9 Å². The van der Waals surface area contributed by atoms with Crippen LogP contribution in [0.15, 0.2) is 36.4 Å². The summed E-state index contributed by atoms with van der Waals surface area (Å²) < 4.78 is 44.0. The molecule has 0 radical (unpaired) electrons. The number of carbonyl (C=O) groups excluding carboxylic acids is 1. The summed E-state index contributed by atoms with van der Waals surface area (Å²) in [5, 5.41) is 15.1. The number of hydrogen-bond acceptors (Lipinski definition) is 4. The van der Waals surface area contributed by atoms with Gasteiger partial charge >= 0.3 is 6.18 Å². The number of benzene rings is 2. The molecule has 2 saturated heterocycles. The first-order valence-electron chi connectivity index (χ1n) is 13.4. The maximum Gasteiger partial charge on any atom is 0.430 e. The second kappa shape index (κ2) is 13.8. The standard InChI is InChI=1S/2C13H16ClNO.C2HF3O2.ClH/c2*14-11-3-1-2-10-4-5-13(16-12(10)11)6-8-15-9-7-13;3-2(4,5)1(6)7;/h2*1-3,15H,4-9H2;(H,6,7);1H. The van der Waals surface area contributed by atoms with E-state index in [0.29, 0.717) is 0 Å². The topological polar surface area (TPSA) is 91.8 Å². The maximum atomic E-state index is 10.5. The van der Waals surface area contributed by atoms with Crippen molar-refractivity contribution in [3.05, 3.63) is 57.6 Å². The van der Waals surface area contributed by atoms with Crippen LogP contribution in [0.5, 0.6) is 11.5 Å². The van der Waals surface area contributed by atoms with Gasteiger partial charge in [0.1, 0.15) is 28.7 Å². The molecule has 4 aliphatic heterocycles. The molecule has 0 aromatic heterocycles. The van der Waals surface area contributed by atoms with E-state index in [2.05, 4.69) is 22.8 Å². The molecule has 4 heterocycles. The number of rotatable bonds is 0. The molecule has 2 aromatic carbocycles. The van der Waals surface area contributed by atoms with Crippen LogP contribution in [0, 0.1) is 0 Å². The van der Waals surface area contributed by atoms with Gasteiger partial charge in [0.05, 0.1) is 36.2 Å². The predicted molar refractivity (Wildman–Crippen MR) is 139 cm³/mol. The highest BCUT2D eigenvalue weighted by Gasteiger charge is 2.40. The van der Waals surface area contributed by atoms with Gasteiger partial charge in [-0.1, -0.05) is 47.5 Å². The lowest BCUT2D eigenvalue weighted by molar-refractivity contribution is -0.668. The second-order valence-electron chi connectivity index (χ2n) is 10.5. The first kappa shape index (κ1) is 32.6. The Balaban J connectivity index is 0.000000177. The minimum Gasteiger partial charge on any atom is -1.00 e. The summed E-state index contributed by atoms with van der Waals surface area (Å²) in [6.45, 7) is 4.72. The zero-order valence-corrected chi connectivity index (χ0v) is 24.3. The van der Waals surface area contributed by atoms with Crippen molar-refractivity contribution in [2.24, 2.45) is 0 Å². The minimum absolute atomic E-state index is 0. The highest BCUT2D eigenvalue weighted by atomic mass is 35.5. The first-order chi connectivity index (χ1) is 18.5. The van der Waals surface area contributed by atoms with Crippen molar-refractivity contribution in [3.8, 4) is 11.5 Å². The predicted octanol–water partition coefficient (Wildman–Crippen LogP) is -0.175. The Kier molecular flexibility index (Phi) is 11.3. The molecule has 0 bridgehead atoms. The number of aryl methyl sites for hydroxylation is 2. The van der Waals surface area contributed by atoms with Crippen LogP contribution < -0.4 is 37.6 Å². The average Bonchev–Trinajstić information content (AvgIpc) is 2.91. The summed E-state index contributed by atoms with van der Waals surface area (Å²) in [5.41, 5.74) is 2.69. The van der Waals surface area contributed by atoms with Gasteiger partial charge in [-0.15, -0.1) is 0 Å². The fraction of sp³-hybridized carbons (Fsp3) is 0.536. The highest BCUT2D eigenvalue weighted by molar-refractivity contribution is 6.32. The van der Waals surface area contributed by atoms with Gasteiger partial charge in [-0.3, -0.25) is 0 Å². The summed E-state index contributed by atoms with van der Waals surface area (Å²) in [6, 6.07) is 12.1. The van der Waals surface area contributed by atoms with Crippen molar-refractivity contribution in [3.63, 3.8) is 0 Å². The van der Waals surface area contributed by atoms with Crippen molar-refractivity contribution < 1.29 is 55.6 Å². The maximum absolute atomic E-state index is 10.5. The molecular weight excluding hydrogens is 592 g/mol. The van der Waals surface area contributed by atoms with Crippen molar-refractivity contribution >= 4 is 29.2 Å². The van der Waals surface area contributed by atoms with E-state index in [1.54, 1.807) is 0 Å². The monoisotopic (exact) mass is 624 g/mol. The summed E-state index contributed by atoms with van der Waals surface area (Å²) >= 11 is 12.4. The highest BCUT2D eigenvalue weighted by Crippen LogP contribution is 2.42. The molecule has 0 atom stereocenters. The molecule has 12 heteroatoms. The smallest absolute Gasteiger partial charge is 0.430 e. The quantitative estimate of drug-likeness (QED) is 0.426. The van der Waals surface area contributed by atoms with Crippen LogP contribution in [0.1, 0.15) is 49.7 Å². The van der Waals surface area contributed by atoms with E-state index in [4.69, 9.17) is 42.6 Å². The number of halogens is 6. The van der Waals surface area contributed by atoms with Crippen molar-refractivity contribution in [2.75, 3.05) is 26.2 Å². The van der Waals surface area contributed by atoms with Crippen molar-refractivity contribution in [1.29, 1.82) is 0 Å². The number of aliphatic carboxylic acids is 1. The average molecular weight is 626 g/mol. The molecule has 2 fully saturated rings. The van der Waals surface area contributed by atoms with Gasteiger partial charge in [0, 0.05) is 25.7 Å². The first-order valence-corrected chi connectivity index (χ1v) is 14.1. The van der Waals surface area contributed by atoms with Crippen molar-refractivity contribution in [1.82, 2.24) is 0 Å². The van der Waals surface area contributed by atoms with Crippen LogP contribution in [-0.4, -0.2) is 49.5 Å². The molecular formula is C28H34Cl3F3N2O4. The summed E-state index contributed by atoms with van der Waals surface area (Å²) in [5.74, 6) is -1.12. The molecule has 0 amide bonds. The third kappa shape index (κ3) is 8.10. The SMILES string of the molecule is Clc1cccc2c1OC1(CC[NH2+]CC1)CC2.Clc1cccc2c1OC1(CC[NH2+]CC1)CC2.O=C([O-])C(F)(F)F.[Cl-]. The number of carbonyl (C=O) groups is 1. The fourth-order valence-electron chi connectivity index (χ4n) is 5.69. The van der Waals surface area contributed by atoms with E-state index in [9.17, 15) is 13.2 Å². The van der Waals surface area contributed by atoms with E-state index in [0.717, 1.165) is 72.9 Å². The Labute approximate surface area is 248 Å². The number of alkyl halides is 3. The summed E-state index contributed by atoms with van der Waals surface area (Å²) in [6.07, 6.45) is 3.92. The van der Waals surface area contributed by atoms with E-state index >= 15 is 0 Å². The minimum atomic E-state index is -5.19. The summed E-state index contributed by atoms with van der Waals surface area (Å²) in [7, 11) is 0.